The number of carbonyl (C=O) groups excluding carboxylic acids is 2. The van der Waals surface area contributed by atoms with E-state index in [2.05, 4.69) is 10.6 Å². The molecule has 0 spiro atoms. The summed E-state index contributed by atoms with van der Waals surface area (Å²) in [4.78, 5) is 24.7. The summed E-state index contributed by atoms with van der Waals surface area (Å²) in [6.45, 7) is 1.61. The molecule has 0 unspecified atom stereocenters. The number of carbonyl (C=O) groups is 2. The number of nitrogens with one attached hydrogen (secondary N) is 2. The maximum atomic E-state index is 12.4. The predicted octanol–water partition coefficient (Wildman–Crippen LogP) is 6.31. The molecule has 8 heteroatoms. The Morgan fingerprint density at radius 2 is 1.47 bits per heavy atom. The molecule has 2 amide bonds. The molecule has 1 atom stereocenters. The van der Waals surface area contributed by atoms with Crippen LogP contribution in [0.1, 0.15) is 17.3 Å². The summed E-state index contributed by atoms with van der Waals surface area (Å²) in [5.41, 5.74) is 1.48. The van der Waals surface area contributed by atoms with Gasteiger partial charge in [0.1, 0.15) is 5.75 Å². The molecule has 0 saturated carbocycles. The molecule has 3 aromatic carbocycles. The minimum absolute atomic E-state index is 0.273. The van der Waals surface area contributed by atoms with Crippen molar-refractivity contribution in [2.24, 2.45) is 0 Å². The number of hydrogen-bond donors (Lipinski definition) is 2. The Labute approximate surface area is 188 Å². The van der Waals surface area contributed by atoms with Crippen molar-refractivity contribution >= 4 is 58.0 Å². The highest BCUT2D eigenvalue weighted by Gasteiger charge is 2.17. The van der Waals surface area contributed by atoms with Crippen LogP contribution in [0.5, 0.6) is 5.75 Å². The van der Waals surface area contributed by atoms with Crippen molar-refractivity contribution in [2.75, 3.05) is 10.6 Å². The van der Waals surface area contributed by atoms with Gasteiger partial charge in [-0.1, -0.05) is 34.8 Å². The molecule has 0 aliphatic carbocycles. The lowest BCUT2D eigenvalue weighted by Gasteiger charge is -2.16. The lowest BCUT2D eigenvalue weighted by Crippen LogP contribution is -2.30. The Balaban J connectivity index is 1.59. The standard InChI is InChI=1S/C22H17Cl3N2O3/c1-13(21(28)27-20-12-16(24)6-11-19(20)25)30-18-9-2-14(3-10-18)22(29)26-17-7-4-15(23)5-8-17/h2-13H,1H3,(H,26,29)(H,27,28)/t13-/m1/s1. The Morgan fingerprint density at radius 1 is 0.833 bits per heavy atom. The number of amides is 2. The second kappa shape index (κ2) is 9.85. The van der Waals surface area contributed by atoms with Gasteiger partial charge in [-0.15, -0.1) is 0 Å². The van der Waals surface area contributed by atoms with Crippen molar-refractivity contribution in [3.8, 4) is 5.75 Å². The van der Waals surface area contributed by atoms with Gasteiger partial charge in [-0.25, -0.2) is 0 Å². The normalized spacial score (nSPS) is 11.5. The monoisotopic (exact) mass is 462 g/mol. The average Bonchev–Trinajstić information content (AvgIpc) is 2.72. The first kappa shape index (κ1) is 22.0. The van der Waals surface area contributed by atoms with Gasteiger partial charge in [0.05, 0.1) is 10.7 Å². The van der Waals surface area contributed by atoms with Crippen molar-refractivity contribution in [3.63, 3.8) is 0 Å². The third-order valence-electron chi connectivity index (χ3n) is 4.09. The number of ether oxygens (including phenoxy) is 1. The SMILES string of the molecule is C[C@@H](Oc1ccc(C(=O)Nc2ccc(Cl)cc2)cc1)C(=O)Nc1cc(Cl)ccc1Cl. The fourth-order valence-corrected chi connectivity index (χ4v) is 2.97. The van der Waals surface area contributed by atoms with Crippen LogP contribution in [0.4, 0.5) is 11.4 Å². The highest BCUT2D eigenvalue weighted by molar-refractivity contribution is 6.35. The summed E-state index contributed by atoms with van der Waals surface area (Å²) in [7, 11) is 0. The van der Waals surface area contributed by atoms with Crippen LogP contribution in [-0.2, 0) is 4.79 Å². The zero-order chi connectivity index (χ0) is 21.7. The van der Waals surface area contributed by atoms with Gasteiger partial charge in [0, 0.05) is 21.3 Å². The Hall–Kier alpha value is -2.73. The van der Waals surface area contributed by atoms with Crippen LogP contribution < -0.4 is 15.4 Å². The fraction of sp³-hybridized carbons (Fsp3) is 0.0909. The maximum absolute atomic E-state index is 12.4. The molecule has 0 saturated heterocycles. The lowest BCUT2D eigenvalue weighted by molar-refractivity contribution is -0.122. The Morgan fingerprint density at radius 3 is 2.13 bits per heavy atom. The van der Waals surface area contributed by atoms with Gasteiger partial charge in [-0.3, -0.25) is 9.59 Å². The molecular formula is C22H17Cl3N2O3. The van der Waals surface area contributed by atoms with E-state index in [0.29, 0.717) is 37.8 Å². The molecule has 5 nitrogen and oxygen atoms in total. The van der Waals surface area contributed by atoms with Crippen molar-refractivity contribution in [1.29, 1.82) is 0 Å². The molecule has 0 aliphatic heterocycles. The van der Waals surface area contributed by atoms with Crippen LogP contribution >= 0.6 is 34.8 Å². The molecule has 3 rings (SSSR count). The number of halogens is 3. The van der Waals surface area contributed by atoms with Crippen LogP contribution in [0.2, 0.25) is 15.1 Å². The molecular weight excluding hydrogens is 447 g/mol. The molecule has 2 N–H and O–H groups in total. The molecule has 0 aromatic heterocycles. The first-order chi connectivity index (χ1) is 14.3. The van der Waals surface area contributed by atoms with Gasteiger partial charge < -0.3 is 15.4 Å². The summed E-state index contributed by atoms with van der Waals surface area (Å²) >= 11 is 17.8. The summed E-state index contributed by atoms with van der Waals surface area (Å²) in [5, 5.41) is 6.87. The lowest BCUT2D eigenvalue weighted by atomic mass is 10.2. The van der Waals surface area contributed by atoms with E-state index in [1.807, 2.05) is 0 Å². The topological polar surface area (TPSA) is 67.4 Å². The molecule has 0 bridgehead atoms. The van der Waals surface area contributed by atoms with Crippen LogP contribution in [0, 0.1) is 0 Å². The minimum atomic E-state index is -0.797. The van der Waals surface area contributed by atoms with Crippen molar-refractivity contribution < 1.29 is 14.3 Å². The van der Waals surface area contributed by atoms with Crippen molar-refractivity contribution in [2.45, 2.75) is 13.0 Å². The first-order valence-corrected chi connectivity index (χ1v) is 10.0. The van der Waals surface area contributed by atoms with Crippen LogP contribution in [0.25, 0.3) is 0 Å². The van der Waals surface area contributed by atoms with E-state index in [1.54, 1.807) is 73.7 Å². The predicted molar refractivity (Wildman–Crippen MR) is 121 cm³/mol. The highest BCUT2D eigenvalue weighted by Crippen LogP contribution is 2.26. The maximum Gasteiger partial charge on any atom is 0.265 e. The van der Waals surface area contributed by atoms with E-state index < -0.39 is 6.10 Å². The average molecular weight is 464 g/mol. The molecule has 0 aliphatic rings. The van der Waals surface area contributed by atoms with E-state index in [4.69, 9.17) is 39.5 Å². The molecule has 0 radical (unpaired) electrons. The van der Waals surface area contributed by atoms with Gasteiger partial charge >= 0.3 is 0 Å². The molecule has 0 heterocycles. The van der Waals surface area contributed by atoms with E-state index in [1.165, 1.54) is 0 Å². The van der Waals surface area contributed by atoms with Crippen LogP contribution in [0.15, 0.2) is 66.7 Å². The third kappa shape index (κ3) is 5.89. The van der Waals surface area contributed by atoms with Gasteiger partial charge in [-0.2, -0.15) is 0 Å². The van der Waals surface area contributed by atoms with Gasteiger partial charge in [-0.05, 0) is 73.7 Å². The molecule has 154 valence electrons. The van der Waals surface area contributed by atoms with Gasteiger partial charge in [0.2, 0.25) is 0 Å². The number of anilines is 2. The largest absolute Gasteiger partial charge is 0.481 e. The fourth-order valence-electron chi connectivity index (χ4n) is 2.51. The van der Waals surface area contributed by atoms with E-state index in [9.17, 15) is 9.59 Å². The summed E-state index contributed by atoms with van der Waals surface area (Å²) in [6.07, 6.45) is -0.797. The van der Waals surface area contributed by atoms with E-state index >= 15 is 0 Å². The quantitative estimate of drug-likeness (QED) is 0.450. The second-order valence-electron chi connectivity index (χ2n) is 6.36. The third-order valence-corrected chi connectivity index (χ3v) is 4.90. The molecule has 30 heavy (non-hydrogen) atoms. The smallest absolute Gasteiger partial charge is 0.265 e. The summed E-state index contributed by atoms with van der Waals surface area (Å²) < 4.78 is 5.65. The van der Waals surface area contributed by atoms with E-state index in [0.717, 1.165) is 0 Å². The summed E-state index contributed by atoms with van der Waals surface area (Å²) in [6, 6.07) is 18.0. The van der Waals surface area contributed by atoms with Crippen LogP contribution in [0.3, 0.4) is 0 Å². The highest BCUT2D eigenvalue weighted by atomic mass is 35.5. The number of benzene rings is 3. The zero-order valence-corrected chi connectivity index (χ0v) is 18.1. The van der Waals surface area contributed by atoms with Gasteiger partial charge in [0.15, 0.2) is 6.10 Å². The van der Waals surface area contributed by atoms with Gasteiger partial charge in [0.25, 0.3) is 11.8 Å². The van der Waals surface area contributed by atoms with E-state index in [-0.39, 0.29) is 11.8 Å². The second-order valence-corrected chi connectivity index (χ2v) is 7.64. The number of hydrogen-bond acceptors (Lipinski definition) is 3. The molecule has 0 fully saturated rings. The first-order valence-electron chi connectivity index (χ1n) is 8.91. The summed E-state index contributed by atoms with van der Waals surface area (Å²) in [5.74, 6) is -0.216. The van der Waals surface area contributed by atoms with Crippen LogP contribution in [-0.4, -0.2) is 17.9 Å². The van der Waals surface area contributed by atoms with Crippen molar-refractivity contribution in [3.05, 3.63) is 87.4 Å². The Bertz CT molecular complexity index is 1050. The Kier molecular flexibility index (Phi) is 7.21. The molecule has 3 aromatic rings. The zero-order valence-electron chi connectivity index (χ0n) is 15.8. The minimum Gasteiger partial charge on any atom is -0.481 e. The van der Waals surface area contributed by atoms with Crippen molar-refractivity contribution in [1.82, 2.24) is 0 Å². The number of rotatable bonds is 6.